The Morgan fingerprint density at radius 1 is 1.53 bits per heavy atom. The Morgan fingerprint density at radius 2 is 2.24 bits per heavy atom. The van der Waals surface area contributed by atoms with Crippen molar-refractivity contribution in [3.8, 4) is 6.07 Å². The molecule has 0 aromatic heterocycles. The third kappa shape index (κ3) is 4.56. The first-order chi connectivity index (χ1) is 7.71. The summed E-state index contributed by atoms with van der Waals surface area (Å²) in [5.74, 6) is 0.196. The largest absolute Gasteiger partial charge is 0.359 e. The Bertz CT molecular complexity index is 440. The van der Waals surface area contributed by atoms with Crippen LogP contribution >= 0.6 is 24.0 Å². The Balaban J connectivity index is 0.00000256. The van der Waals surface area contributed by atoms with Gasteiger partial charge in [0.05, 0.1) is 11.6 Å². The average Bonchev–Trinajstić information content (AvgIpc) is 2.32. The molecule has 0 spiro atoms. The first-order valence-corrected chi connectivity index (χ1v) is 4.78. The van der Waals surface area contributed by atoms with Gasteiger partial charge in [0.25, 0.3) is 0 Å². The second-order valence-corrected chi connectivity index (χ2v) is 3.09. The molecule has 92 valence electrons. The first-order valence-electron chi connectivity index (χ1n) is 4.78. The van der Waals surface area contributed by atoms with E-state index in [1.54, 1.807) is 26.2 Å². The smallest absolute Gasteiger partial charge is 0.190 e. The van der Waals surface area contributed by atoms with E-state index in [1.807, 2.05) is 6.07 Å². The fourth-order valence-corrected chi connectivity index (χ4v) is 1.22. The van der Waals surface area contributed by atoms with Gasteiger partial charge in [0.1, 0.15) is 5.82 Å². The lowest BCUT2D eigenvalue weighted by atomic mass is 10.1. The summed E-state index contributed by atoms with van der Waals surface area (Å²) in [5.41, 5.74) is 0.814. The van der Waals surface area contributed by atoms with Gasteiger partial charge in [-0.1, -0.05) is 6.07 Å². The predicted octanol–water partition coefficient (Wildman–Crippen LogP) is 1.61. The maximum Gasteiger partial charge on any atom is 0.190 e. The zero-order chi connectivity index (χ0) is 12.0. The third-order valence-electron chi connectivity index (χ3n) is 2.09. The van der Waals surface area contributed by atoms with Crippen LogP contribution in [-0.4, -0.2) is 20.1 Å². The van der Waals surface area contributed by atoms with E-state index >= 15 is 0 Å². The Labute approximate surface area is 117 Å². The number of guanidine groups is 1. The molecule has 0 aliphatic heterocycles. The molecule has 1 aromatic rings. The van der Waals surface area contributed by atoms with Gasteiger partial charge in [-0.3, -0.25) is 4.99 Å². The lowest BCUT2D eigenvalue weighted by molar-refractivity contribution is 0.604. The van der Waals surface area contributed by atoms with Gasteiger partial charge < -0.3 is 10.6 Å². The summed E-state index contributed by atoms with van der Waals surface area (Å²) in [4.78, 5) is 3.90. The summed E-state index contributed by atoms with van der Waals surface area (Å²) in [6.45, 7) is 0.324. The molecule has 0 bridgehead atoms. The molecule has 1 aromatic carbocycles. The summed E-state index contributed by atoms with van der Waals surface area (Å²) in [7, 11) is 3.36. The number of hydrogen-bond donors (Lipinski definition) is 2. The number of hydrogen-bond acceptors (Lipinski definition) is 2. The molecule has 1 rings (SSSR count). The van der Waals surface area contributed by atoms with Gasteiger partial charge in [-0.2, -0.15) is 5.26 Å². The van der Waals surface area contributed by atoms with Crippen LogP contribution in [0.3, 0.4) is 0 Å². The van der Waals surface area contributed by atoms with E-state index in [9.17, 15) is 4.39 Å². The maximum atomic E-state index is 13.4. The molecule has 0 heterocycles. The van der Waals surface area contributed by atoms with Crippen LogP contribution in [0, 0.1) is 17.1 Å². The van der Waals surface area contributed by atoms with Crippen LogP contribution in [0.15, 0.2) is 23.2 Å². The van der Waals surface area contributed by atoms with Gasteiger partial charge in [-0.15, -0.1) is 24.0 Å². The lowest BCUT2D eigenvalue weighted by Crippen LogP contribution is -2.34. The fraction of sp³-hybridized carbons (Fsp3) is 0.273. The number of nitrogens with one attached hydrogen (secondary N) is 2. The minimum Gasteiger partial charge on any atom is -0.359 e. The summed E-state index contributed by atoms with van der Waals surface area (Å²) in [6, 6.07) is 6.28. The molecule has 17 heavy (non-hydrogen) atoms. The highest BCUT2D eigenvalue weighted by molar-refractivity contribution is 14.0. The Kier molecular flexibility index (Phi) is 7.21. The number of nitrogens with zero attached hydrogens (tertiary/aromatic N) is 2. The zero-order valence-corrected chi connectivity index (χ0v) is 12.0. The van der Waals surface area contributed by atoms with Crippen LogP contribution in [0.25, 0.3) is 0 Å². The van der Waals surface area contributed by atoms with Crippen molar-refractivity contribution in [3.63, 3.8) is 0 Å². The molecule has 4 nitrogen and oxygen atoms in total. The summed E-state index contributed by atoms with van der Waals surface area (Å²) in [6.07, 6.45) is 0. The maximum absolute atomic E-state index is 13.4. The van der Waals surface area contributed by atoms with Gasteiger partial charge in [0.15, 0.2) is 5.96 Å². The van der Waals surface area contributed by atoms with Crippen molar-refractivity contribution in [3.05, 3.63) is 35.1 Å². The predicted molar refractivity (Wildman–Crippen MR) is 75.8 cm³/mol. The van der Waals surface area contributed by atoms with Crippen molar-refractivity contribution < 1.29 is 4.39 Å². The fourth-order valence-electron chi connectivity index (χ4n) is 1.22. The van der Waals surface area contributed by atoms with E-state index in [0.717, 1.165) is 0 Å². The van der Waals surface area contributed by atoms with E-state index in [0.29, 0.717) is 23.6 Å². The van der Waals surface area contributed by atoms with E-state index in [1.165, 1.54) is 6.07 Å². The molecule has 0 saturated heterocycles. The van der Waals surface area contributed by atoms with Gasteiger partial charge >= 0.3 is 0 Å². The van der Waals surface area contributed by atoms with Crippen LogP contribution in [0.1, 0.15) is 11.1 Å². The average molecular weight is 348 g/mol. The number of halogens is 2. The van der Waals surface area contributed by atoms with E-state index in [-0.39, 0.29) is 24.0 Å². The molecule has 0 aliphatic rings. The van der Waals surface area contributed by atoms with E-state index in [2.05, 4.69) is 15.6 Å². The van der Waals surface area contributed by atoms with Crippen molar-refractivity contribution >= 4 is 29.9 Å². The molecule has 0 atom stereocenters. The Hall–Kier alpha value is -1.36. The SMILES string of the molecule is CN=C(NC)NCc1ccc(C#N)cc1F.I. The lowest BCUT2D eigenvalue weighted by Gasteiger charge is -2.09. The van der Waals surface area contributed by atoms with Crippen molar-refractivity contribution in [2.24, 2.45) is 4.99 Å². The number of rotatable bonds is 2. The molecule has 2 N–H and O–H groups in total. The van der Waals surface area contributed by atoms with Crippen LogP contribution in [0.2, 0.25) is 0 Å². The molecule has 0 saturated carbocycles. The quantitative estimate of drug-likeness (QED) is 0.485. The Morgan fingerprint density at radius 3 is 2.71 bits per heavy atom. The minimum atomic E-state index is -0.391. The van der Waals surface area contributed by atoms with Crippen molar-refractivity contribution in [2.45, 2.75) is 6.54 Å². The first kappa shape index (κ1) is 15.6. The second-order valence-electron chi connectivity index (χ2n) is 3.09. The highest BCUT2D eigenvalue weighted by Gasteiger charge is 2.03. The monoisotopic (exact) mass is 348 g/mol. The second kappa shape index (κ2) is 7.84. The summed E-state index contributed by atoms with van der Waals surface area (Å²) in [5, 5.41) is 14.3. The van der Waals surface area contributed by atoms with Gasteiger partial charge in [0.2, 0.25) is 0 Å². The molecule has 0 aliphatic carbocycles. The molecular formula is C11H14FIN4. The van der Waals surface area contributed by atoms with Crippen molar-refractivity contribution in [1.82, 2.24) is 10.6 Å². The minimum absolute atomic E-state index is 0. The highest BCUT2D eigenvalue weighted by atomic mass is 127. The molecule has 0 fully saturated rings. The summed E-state index contributed by atoms with van der Waals surface area (Å²) >= 11 is 0. The number of benzene rings is 1. The van der Waals surface area contributed by atoms with Crippen LogP contribution in [0.5, 0.6) is 0 Å². The van der Waals surface area contributed by atoms with Crippen molar-refractivity contribution in [2.75, 3.05) is 14.1 Å². The highest BCUT2D eigenvalue weighted by Crippen LogP contribution is 2.09. The van der Waals surface area contributed by atoms with Crippen LogP contribution < -0.4 is 10.6 Å². The van der Waals surface area contributed by atoms with E-state index in [4.69, 9.17) is 5.26 Å². The molecular weight excluding hydrogens is 334 g/mol. The zero-order valence-electron chi connectivity index (χ0n) is 9.62. The molecule has 0 unspecified atom stereocenters. The van der Waals surface area contributed by atoms with Crippen LogP contribution in [0.4, 0.5) is 4.39 Å². The van der Waals surface area contributed by atoms with Gasteiger partial charge in [-0.25, -0.2) is 4.39 Å². The molecule has 6 heteroatoms. The van der Waals surface area contributed by atoms with Gasteiger partial charge in [0, 0.05) is 26.2 Å². The van der Waals surface area contributed by atoms with Crippen molar-refractivity contribution in [1.29, 1.82) is 5.26 Å². The molecule has 0 radical (unpaired) electrons. The topological polar surface area (TPSA) is 60.2 Å². The normalized spacial score (nSPS) is 10.1. The van der Waals surface area contributed by atoms with E-state index < -0.39 is 5.82 Å². The van der Waals surface area contributed by atoms with Crippen LogP contribution in [-0.2, 0) is 6.54 Å². The number of nitriles is 1. The van der Waals surface area contributed by atoms with Gasteiger partial charge in [-0.05, 0) is 12.1 Å². The third-order valence-corrected chi connectivity index (χ3v) is 2.09. The molecule has 0 amide bonds. The number of aliphatic imine (C=N–C) groups is 1. The summed E-state index contributed by atoms with van der Waals surface area (Å²) < 4.78 is 13.4. The standard InChI is InChI=1S/C11H13FN4.HI/c1-14-11(15-2)16-7-9-4-3-8(6-13)5-10(9)12;/h3-5H,7H2,1-2H3,(H2,14,15,16);1H.